The van der Waals surface area contributed by atoms with Crippen molar-refractivity contribution >= 4 is 29.0 Å². The summed E-state index contributed by atoms with van der Waals surface area (Å²) in [7, 11) is 0. The van der Waals surface area contributed by atoms with E-state index in [4.69, 9.17) is 4.74 Å². The van der Waals surface area contributed by atoms with E-state index < -0.39 is 0 Å². The minimum atomic E-state index is -0.356. The quantitative estimate of drug-likeness (QED) is 0.600. The summed E-state index contributed by atoms with van der Waals surface area (Å²) in [4.78, 5) is 37.1. The molecule has 3 aromatic heterocycles. The molecule has 1 aliphatic rings. The molecule has 3 heterocycles. The molecule has 1 aliphatic carbocycles. The van der Waals surface area contributed by atoms with E-state index in [0.29, 0.717) is 34.8 Å². The Hall–Kier alpha value is -3.56. The number of fused-ring (bicyclic) bond motifs is 1. The Morgan fingerprint density at radius 2 is 2.03 bits per heavy atom. The van der Waals surface area contributed by atoms with Crippen LogP contribution in [-0.2, 0) is 16.1 Å². The maximum Gasteiger partial charge on any atom is 0.327 e. The van der Waals surface area contributed by atoms with Gasteiger partial charge in [-0.05, 0) is 31.9 Å². The van der Waals surface area contributed by atoms with Gasteiger partial charge in [0.1, 0.15) is 17.9 Å². The first kappa shape index (κ1) is 19.7. The van der Waals surface area contributed by atoms with Gasteiger partial charge in [0.2, 0.25) is 0 Å². The minimum absolute atomic E-state index is 0.0251. The van der Waals surface area contributed by atoms with Crippen molar-refractivity contribution in [2.45, 2.75) is 45.2 Å². The first-order valence-corrected chi connectivity index (χ1v) is 10.0. The second-order valence-electron chi connectivity index (χ2n) is 7.11. The molecule has 10 nitrogen and oxygen atoms in total. The van der Waals surface area contributed by atoms with Gasteiger partial charge in [0.15, 0.2) is 5.65 Å². The number of esters is 1. The summed E-state index contributed by atoms with van der Waals surface area (Å²) in [5.74, 6) is 0.0486. The molecule has 0 spiro atoms. The Kier molecular flexibility index (Phi) is 5.82. The van der Waals surface area contributed by atoms with E-state index in [1.165, 1.54) is 4.68 Å². The molecule has 4 rings (SSSR count). The summed E-state index contributed by atoms with van der Waals surface area (Å²) in [6, 6.07) is 3.41. The molecule has 3 aromatic rings. The molecule has 0 aromatic carbocycles. The molecule has 0 saturated heterocycles. The predicted molar refractivity (Wildman–Crippen MR) is 110 cm³/mol. The molecule has 0 atom stereocenters. The van der Waals surface area contributed by atoms with Crippen molar-refractivity contribution in [3.8, 4) is 11.3 Å². The van der Waals surface area contributed by atoms with Crippen LogP contribution in [0.3, 0.4) is 0 Å². The fourth-order valence-corrected chi connectivity index (χ4v) is 3.44. The number of amides is 2. The third kappa shape index (κ3) is 4.70. The fraction of sp³-hybridized carbons (Fsp3) is 0.400. The van der Waals surface area contributed by atoms with Crippen LogP contribution >= 0.6 is 0 Å². The lowest BCUT2D eigenvalue weighted by atomic mass is 10.2. The Balaban J connectivity index is 1.48. The van der Waals surface area contributed by atoms with Crippen molar-refractivity contribution in [1.82, 2.24) is 30.0 Å². The fourth-order valence-electron chi connectivity index (χ4n) is 3.44. The summed E-state index contributed by atoms with van der Waals surface area (Å²) < 4.78 is 6.41. The zero-order chi connectivity index (χ0) is 20.9. The van der Waals surface area contributed by atoms with E-state index >= 15 is 0 Å². The molecule has 0 unspecified atom stereocenters. The monoisotopic (exact) mass is 409 g/mol. The van der Waals surface area contributed by atoms with Crippen molar-refractivity contribution in [2.75, 3.05) is 11.9 Å². The van der Waals surface area contributed by atoms with Crippen LogP contribution in [0.15, 0.2) is 30.7 Å². The van der Waals surface area contributed by atoms with Gasteiger partial charge < -0.3 is 10.1 Å². The zero-order valence-corrected chi connectivity index (χ0v) is 16.7. The topological polar surface area (TPSA) is 124 Å². The summed E-state index contributed by atoms with van der Waals surface area (Å²) in [5.41, 5.74) is 2.29. The third-order valence-corrected chi connectivity index (χ3v) is 4.86. The van der Waals surface area contributed by atoms with Crippen LogP contribution in [0.4, 0.5) is 10.6 Å². The van der Waals surface area contributed by atoms with Crippen molar-refractivity contribution in [2.24, 2.45) is 0 Å². The molecular formula is C20H23N7O3. The van der Waals surface area contributed by atoms with Crippen molar-refractivity contribution in [3.05, 3.63) is 30.7 Å². The maximum absolute atomic E-state index is 12.2. The van der Waals surface area contributed by atoms with Crippen molar-refractivity contribution in [3.63, 3.8) is 0 Å². The molecule has 156 valence electrons. The number of carbonyl (C=O) groups excluding carboxylic acids is 2. The Morgan fingerprint density at radius 3 is 2.83 bits per heavy atom. The number of anilines is 1. The number of carbonyl (C=O) groups is 2. The molecule has 1 saturated carbocycles. The van der Waals surface area contributed by atoms with Gasteiger partial charge in [-0.15, -0.1) is 0 Å². The van der Waals surface area contributed by atoms with Crippen LogP contribution in [0, 0.1) is 0 Å². The molecule has 0 bridgehead atoms. The number of nitrogens with one attached hydrogen (secondary N) is 2. The smallest absolute Gasteiger partial charge is 0.327 e. The van der Waals surface area contributed by atoms with E-state index in [1.54, 1.807) is 37.6 Å². The minimum Gasteiger partial charge on any atom is -0.465 e. The summed E-state index contributed by atoms with van der Waals surface area (Å²) in [6.07, 6.45) is 9.24. The average Bonchev–Trinajstić information content (AvgIpc) is 3.40. The third-order valence-electron chi connectivity index (χ3n) is 4.86. The number of aromatic nitrogens is 5. The van der Waals surface area contributed by atoms with E-state index in [9.17, 15) is 9.59 Å². The van der Waals surface area contributed by atoms with Gasteiger partial charge in [-0.2, -0.15) is 5.10 Å². The van der Waals surface area contributed by atoms with Gasteiger partial charge in [-0.3, -0.25) is 19.8 Å². The highest BCUT2D eigenvalue weighted by Gasteiger charge is 2.17. The average molecular weight is 409 g/mol. The molecule has 10 heteroatoms. The van der Waals surface area contributed by atoms with E-state index in [2.05, 4.69) is 30.7 Å². The van der Waals surface area contributed by atoms with Gasteiger partial charge in [-0.25, -0.2) is 14.8 Å². The van der Waals surface area contributed by atoms with Gasteiger partial charge >= 0.3 is 12.0 Å². The number of pyridine rings is 1. The van der Waals surface area contributed by atoms with Crippen LogP contribution in [-0.4, -0.2) is 49.4 Å². The highest BCUT2D eigenvalue weighted by Crippen LogP contribution is 2.20. The summed E-state index contributed by atoms with van der Waals surface area (Å²) in [6.45, 7) is 2.10. The zero-order valence-electron chi connectivity index (χ0n) is 16.7. The second kappa shape index (κ2) is 8.85. The standard InChI is InChI=1S/C20H23N7O3/c1-2-30-18(28)12-27-11-13(9-22-27)16-10-21-15-7-8-17(25-19(15)24-16)26-20(29)23-14-5-3-4-6-14/h7-11,14H,2-6,12H2,1H3,(H2,23,24,25,26,29). The molecule has 2 amide bonds. The molecule has 1 fully saturated rings. The first-order chi connectivity index (χ1) is 14.6. The van der Waals surface area contributed by atoms with Gasteiger partial charge in [0.05, 0.1) is 24.7 Å². The highest BCUT2D eigenvalue weighted by atomic mass is 16.5. The van der Waals surface area contributed by atoms with E-state index in [0.717, 1.165) is 25.7 Å². The van der Waals surface area contributed by atoms with Crippen LogP contribution in [0.5, 0.6) is 0 Å². The lowest BCUT2D eigenvalue weighted by Crippen LogP contribution is -2.36. The normalized spacial score (nSPS) is 14.0. The number of ether oxygens (including phenoxy) is 1. The number of hydrogen-bond acceptors (Lipinski definition) is 7. The first-order valence-electron chi connectivity index (χ1n) is 10.0. The Morgan fingerprint density at radius 1 is 1.20 bits per heavy atom. The van der Waals surface area contributed by atoms with E-state index in [-0.39, 0.29) is 24.6 Å². The summed E-state index contributed by atoms with van der Waals surface area (Å²) in [5, 5.41) is 9.89. The number of urea groups is 1. The predicted octanol–water partition coefficient (Wildman–Crippen LogP) is 2.52. The van der Waals surface area contributed by atoms with Crippen LogP contribution < -0.4 is 10.6 Å². The van der Waals surface area contributed by atoms with Crippen molar-refractivity contribution in [1.29, 1.82) is 0 Å². The van der Waals surface area contributed by atoms with Gasteiger partial charge in [0.25, 0.3) is 0 Å². The maximum atomic E-state index is 12.2. The largest absolute Gasteiger partial charge is 0.465 e. The van der Waals surface area contributed by atoms with Crippen LogP contribution in [0.2, 0.25) is 0 Å². The highest BCUT2D eigenvalue weighted by molar-refractivity contribution is 5.89. The molecule has 0 radical (unpaired) electrons. The van der Waals surface area contributed by atoms with Crippen molar-refractivity contribution < 1.29 is 14.3 Å². The van der Waals surface area contributed by atoms with Crippen LogP contribution in [0.25, 0.3) is 22.4 Å². The van der Waals surface area contributed by atoms with Gasteiger partial charge in [0, 0.05) is 17.8 Å². The second-order valence-corrected chi connectivity index (χ2v) is 7.11. The molecular weight excluding hydrogens is 386 g/mol. The molecule has 30 heavy (non-hydrogen) atoms. The number of rotatable bonds is 6. The Bertz CT molecular complexity index is 1060. The Labute approximate surface area is 173 Å². The summed E-state index contributed by atoms with van der Waals surface area (Å²) >= 11 is 0. The lowest BCUT2D eigenvalue weighted by Gasteiger charge is -2.12. The number of hydrogen-bond donors (Lipinski definition) is 2. The van der Waals surface area contributed by atoms with Gasteiger partial charge in [-0.1, -0.05) is 12.8 Å². The number of nitrogens with zero attached hydrogens (tertiary/aromatic N) is 5. The van der Waals surface area contributed by atoms with Crippen LogP contribution in [0.1, 0.15) is 32.6 Å². The molecule has 2 N–H and O–H groups in total. The molecule has 0 aliphatic heterocycles. The lowest BCUT2D eigenvalue weighted by molar-refractivity contribution is -0.144. The van der Waals surface area contributed by atoms with E-state index in [1.807, 2.05) is 0 Å². The SMILES string of the molecule is CCOC(=O)Cn1cc(-c2cnc3ccc(NC(=O)NC4CCCC4)nc3n2)cn1.